The van der Waals surface area contributed by atoms with Crippen LogP contribution in [0.25, 0.3) is 0 Å². The van der Waals surface area contributed by atoms with E-state index in [9.17, 15) is 0 Å². The Morgan fingerprint density at radius 3 is 3.00 bits per heavy atom. The third-order valence-electron chi connectivity index (χ3n) is 3.63. The first kappa shape index (κ1) is 10.4. The highest BCUT2D eigenvalue weighted by Crippen LogP contribution is 2.31. The molecule has 1 aromatic rings. The van der Waals surface area contributed by atoms with Crippen molar-refractivity contribution in [2.45, 2.75) is 20.3 Å². The summed E-state index contributed by atoms with van der Waals surface area (Å²) in [7, 11) is 0. The van der Waals surface area contributed by atoms with Crippen molar-refractivity contribution in [3.8, 4) is 0 Å². The molecule has 5 nitrogen and oxygen atoms in total. The lowest BCUT2D eigenvalue weighted by molar-refractivity contribution is 0.671. The molecule has 0 aromatic carbocycles. The number of fused-ring (bicyclic) bond motifs is 1. The van der Waals surface area contributed by atoms with Gasteiger partial charge in [-0.15, -0.1) is 0 Å². The van der Waals surface area contributed by atoms with E-state index in [1.54, 1.807) is 0 Å². The van der Waals surface area contributed by atoms with Crippen molar-refractivity contribution in [1.29, 1.82) is 0 Å². The Labute approximate surface area is 101 Å². The number of nitrogens with zero attached hydrogens (tertiary/aromatic N) is 3. The predicted octanol–water partition coefficient (Wildman–Crippen LogP) is 0.947. The van der Waals surface area contributed by atoms with Gasteiger partial charge in [0, 0.05) is 42.2 Å². The summed E-state index contributed by atoms with van der Waals surface area (Å²) in [5, 5.41) is 3.41. The molecule has 1 fully saturated rings. The fraction of sp³-hybridized carbons (Fsp3) is 0.500. The van der Waals surface area contributed by atoms with E-state index >= 15 is 0 Å². The van der Waals surface area contributed by atoms with Crippen molar-refractivity contribution in [2.24, 2.45) is 5.92 Å². The Morgan fingerprint density at radius 1 is 1.41 bits per heavy atom. The molecule has 3 rings (SSSR count). The van der Waals surface area contributed by atoms with E-state index in [0.29, 0.717) is 11.9 Å². The van der Waals surface area contributed by atoms with Gasteiger partial charge in [0.25, 0.3) is 0 Å². The van der Waals surface area contributed by atoms with Crippen molar-refractivity contribution >= 4 is 11.8 Å². The maximum atomic E-state index is 5.73. The molecule has 0 radical (unpaired) electrons. The molecular weight excluding hydrogens is 214 g/mol. The van der Waals surface area contributed by atoms with Gasteiger partial charge in [-0.1, -0.05) is 0 Å². The van der Waals surface area contributed by atoms with E-state index in [1.165, 1.54) is 12.1 Å². The van der Waals surface area contributed by atoms with E-state index in [4.69, 9.17) is 5.73 Å². The van der Waals surface area contributed by atoms with Crippen LogP contribution >= 0.6 is 0 Å². The van der Waals surface area contributed by atoms with Crippen molar-refractivity contribution in [1.82, 2.24) is 15.3 Å². The first-order valence-electron chi connectivity index (χ1n) is 5.98. The van der Waals surface area contributed by atoms with Crippen LogP contribution in [0.2, 0.25) is 0 Å². The molecule has 2 aliphatic rings. The lowest BCUT2D eigenvalue weighted by Crippen LogP contribution is -2.20. The monoisotopic (exact) mass is 231 g/mol. The number of rotatable bonds is 1. The van der Waals surface area contributed by atoms with Gasteiger partial charge in [-0.05, 0) is 20.3 Å². The van der Waals surface area contributed by atoms with Gasteiger partial charge < -0.3 is 16.0 Å². The van der Waals surface area contributed by atoms with E-state index in [1.807, 2.05) is 13.8 Å². The van der Waals surface area contributed by atoms with Crippen LogP contribution in [0.3, 0.4) is 0 Å². The first-order valence-corrected chi connectivity index (χ1v) is 5.98. The quantitative estimate of drug-likeness (QED) is 0.753. The van der Waals surface area contributed by atoms with Crippen LogP contribution in [-0.2, 0) is 0 Å². The molecule has 1 unspecified atom stereocenters. The molecular formula is C12H17N5. The molecule has 17 heavy (non-hydrogen) atoms. The average Bonchev–Trinajstić information content (AvgIpc) is 2.83. The maximum Gasteiger partial charge on any atom is 0.222 e. The Balaban J connectivity index is 1.98. The molecule has 2 aliphatic heterocycles. The number of anilines is 2. The maximum absolute atomic E-state index is 5.73. The molecule has 1 aromatic heterocycles. The lowest BCUT2D eigenvalue weighted by Gasteiger charge is -2.19. The van der Waals surface area contributed by atoms with Crippen molar-refractivity contribution in [3.05, 3.63) is 23.2 Å². The van der Waals surface area contributed by atoms with Crippen molar-refractivity contribution in [2.75, 3.05) is 23.7 Å². The molecule has 0 spiro atoms. The van der Waals surface area contributed by atoms with Gasteiger partial charge in [0.05, 0.1) is 0 Å². The average molecular weight is 231 g/mol. The van der Waals surface area contributed by atoms with Crippen LogP contribution in [-0.4, -0.2) is 23.1 Å². The van der Waals surface area contributed by atoms with Crippen LogP contribution in [0, 0.1) is 19.8 Å². The Morgan fingerprint density at radius 2 is 2.24 bits per heavy atom. The number of nitrogens with two attached hydrogens (primary N) is 1. The fourth-order valence-electron chi connectivity index (χ4n) is 2.55. The predicted molar refractivity (Wildman–Crippen MR) is 67.5 cm³/mol. The van der Waals surface area contributed by atoms with Gasteiger partial charge in [-0.2, -0.15) is 4.98 Å². The minimum Gasteiger partial charge on any atom is -0.387 e. The fourth-order valence-corrected chi connectivity index (χ4v) is 2.55. The third kappa shape index (κ3) is 1.62. The van der Waals surface area contributed by atoms with Crippen LogP contribution in [0.15, 0.2) is 11.9 Å². The number of nitrogens with one attached hydrogen (secondary N) is 1. The zero-order valence-corrected chi connectivity index (χ0v) is 10.2. The highest BCUT2D eigenvalue weighted by atomic mass is 15.2. The second-order valence-electron chi connectivity index (χ2n) is 4.77. The van der Waals surface area contributed by atoms with Crippen LogP contribution in [0.5, 0.6) is 0 Å². The molecule has 0 saturated carbocycles. The lowest BCUT2D eigenvalue weighted by atomic mass is 10.1. The van der Waals surface area contributed by atoms with E-state index in [2.05, 4.69) is 26.4 Å². The second-order valence-corrected chi connectivity index (χ2v) is 4.77. The standard InChI is InChI=1S/C12H17N5/c1-7-8(2)15-12(13)16-11(7)17-5-9-3-4-14-10(9)6-17/h6,9,14H,3-5H2,1-2H3,(H2,13,15,16). The van der Waals surface area contributed by atoms with Crippen LogP contribution in [0.4, 0.5) is 11.8 Å². The number of aromatic nitrogens is 2. The van der Waals surface area contributed by atoms with E-state index < -0.39 is 0 Å². The smallest absolute Gasteiger partial charge is 0.222 e. The van der Waals surface area contributed by atoms with E-state index in [-0.39, 0.29) is 0 Å². The molecule has 90 valence electrons. The first-order chi connectivity index (χ1) is 8.15. The van der Waals surface area contributed by atoms with Gasteiger partial charge in [-0.25, -0.2) is 4.98 Å². The summed E-state index contributed by atoms with van der Waals surface area (Å²) in [4.78, 5) is 10.7. The summed E-state index contributed by atoms with van der Waals surface area (Å²) in [5.74, 6) is 1.93. The zero-order chi connectivity index (χ0) is 12.0. The number of nitrogen functional groups attached to an aromatic ring is 1. The Bertz CT molecular complexity index is 494. The second kappa shape index (κ2) is 3.61. The molecule has 5 heteroatoms. The highest BCUT2D eigenvalue weighted by molar-refractivity contribution is 5.55. The van der Waals surface area contributed by atoms with Gasteiger partial charge in [-0.3, -0.25) is 0 Å². The molecule has 1 atom stereocenters. The molecule has 0 amide bonds. The van der Waals surface area contributed by atoms with Crippen LogP contribution in [0.1, 0.15) is 17.7 Å². The minimum atomic E-state index is 0.353. The topological polar surface area (TPSA) is 67.1 Å². The summed E-state index contributed by atoms with van der Waals surface area (Å²) < 4.78 is 0. The van der Waals surface area contributed by atoms with Crippen molar-refractivity contribution < 1.29 is 0 Å². The van der Waals surface area contributed by atoms with Gasteiger partial charge in [0.1, 0.15) is 5.82 Å². The minimum absolute atomic E-state index is 0.353. The third-order valence-corrected chi connectivity index (χ3v) is 3.63. The SMILES string of the molecule is Cc1nc(N)nc(N2C=C3NCCC3C2)c1C. The van der Waals surface area contributed by atoms with Gasteiger partial charge in [0.2, 0.25) is 5.95 Å². The van der Waals surface area contributed by atoms with E-state index in [0.717, 1.165) is 30.2 Å². The summed E-state index contributed by atoms with van der Waals surface area (Å²) in [5.41, 5.74) is 9.12. The summed E-state index contributed by atoms with van der Waals surface area (Å²) in [6.07, 6.45) is 3.37. The molecule has 0 aliphatic carbocycles. The summed E-state index contributed by atoms with van der Waals surface area (Å²) in [6, 6.07) is 0. The molecule has 0 bridgehead atoms. The largest absolute Gasteiger partial charge is 0.387 e. The zero-order valence-electron chi connectivity index (χ0n) is 10.2. The Kier molecular flexibility index (Phi) is 2.21. The normalized spacial score (nSPS) is 22.4. The van der Waals surface area contributed by atoms with Gasteiger partial charge >= 0.3 is 0 Å². The van der Waals surface area contributed by atoms with Crippen molar-refractivity contribution in [3.63, 3.8) is 0 Å². The Hall–Kier alpha value is -1.78. The highest BCUT2D eigenvalue weighted by Gasteiger charge is 2.30. The number of aryl methyl sites for hydroxylation is 1. The van der Waals surface area contributed by atoms with Gasteiger partial charge in [0.15, 0.2) is 0 Å². The number of hydrogen-bond acceptors (Lipinski definition) is 5. The number of hydrogen-bond donors (Lipinski definition) is 2. The summed E-state index contributed by atoms with van der Waals surface area (Å²) >= 11 is 0. The summed E-state index contributed by atoms with van der Waals surface area (Å²) in [6.45, 7) is 6.11. The molecule has 1 saturated heterocycles. The molecule has 3 heterocycles. The van der Waals surface area contributed by atoms with Crippen LogP contribution < -0.4 is 16.0 Å². The molecule has 3 N–H and O–H groups in total.